The number of benzene rings is 2. The molecule has 9 heteroatoms. The molecule has 0 saturated carbocycles. The number of piperidine rings is 1. The molecule has 2 aromatic carbocycles. The average molecular weight is 552 g/mol. The van der Waals surface area contributed by atoms with Crippen molar-refractivity contribution < 1.29 is 27.9 Å². The van der Waals surface area contributed by atoms with Crippen molar-refractivity contribution in [3.05, 3.63) is 77.4 Å². The van der Waals surface area contributed by atoms with Gasteiger partial charge in [-0.05, 0) is 60.6 Å². The van der Waals surface area contributed by atoms with Gasteiger partial charge in [-0.3, -0.25) is 19.3 Å². The van der Waals surface area contributed by atoms with E-state index in [1.165, 1.54) is 6.07 Å². The van der Waals surface area contributed by atoms with Gasteiger partial charge in [0.25, 0.3) is 5.91 Å². The number of amides is 3. The number of rotatable bonds is 12. The molecule has 0 spiro atoms. The van der Waals surface area contributed by atoms with Gasteiger partial charge < -0.3 is 14.5 Å². The monoisotopic (exact) mass is 551 g/mol. The fraction of sp³-hybridized carbons (Fsp3) is 0.387. The van der Waals surface area contributed by atoms with Crippen molar-refractivity contribution in [2.24, 2.45) is 0 Å². The van der Waals surface area contributed by atoms with Crippen molar-refractivity contribution in [1.29, 1.82) is 0 Å². The Labute approximate surface area is 233 Å². The van der Waals surface area contributed by atoms with Crippen LogP contribution in [0.3, 0.4) is 0 Å². The highest BCUT2D eigenvalue weighted by Gasteiger charge is 2.27. The molecule has 0 N–H and O–H groups in total. The highest BCUT2D eigenvalue weighted by Crippen LogP contribution is 2.31. The third-order valence-electron chi connectivity index (χ3n) is 7.44. The molecule has 0 bridgehead atoms. The molecule has 0 radical (unpaired) electrons. The van der Waals surface area contributed by atoms with Crippen LogP contribution in [0.5, 0.6) is 5.75 Å². The van der Waals surface area contributed by atoms with Crippen molar-refractivity contribution >= 4 is 30.0 Å². The van der Waals surface area contributed by atoms with E-state index < -0.39 is 25.4 Å². The van der Waals surface area contributed by atoms with Crippen molar-refractivity contribution in [2.45, 2.75) is 44.4 Å². The first-order chi connectivity index (χ1) is 19.5. The van der Waals surface area contributed by atoms with Crippen molar-refractivity contribution in [3.8, 4) is 5.75 Å². The highest BCUT2D eigenvalue weighted by atomic mass is 19.1. The summed E-state index contributed by atoms with van der Waals surface area (Å²) >= 11 is 0. The minimum Gasteiger partial charge on any atom is -0.485 e. The van der Waals surface area contributed by atoms with Gasteiger partial charge in [0.15, 0.2) is 6.10 Å². The van der Waals surface area contributed by atoms with E-state index >= 15 is 0 Å². The third-order valence-corrected chi connectivity index (χ3v) is 7.44. The number of alkyl halides is 2. The molecule has 0 atom stereocenters. The minimum absolute atomic E-state index is 0.0549. The summed E-state index contributed by atoms with van der Waals surface area (Å²) in [6, 6.07) is 12.5. The first-order valence-corrected chi connectivity index (χ1v) is 13.5. The van der Waals surface area contributed by atoms with Gasteiger partial charge in [-0.1, -0.05) is 42.5 Å². The Morgan fingerprint density at radius 2 is 1.80 bits per heavy atom. The lowest BCUT2D eigenvalue weighted by atomic mass is 9.98. The summed E-state index contributed by atoms with van der Waals surface area (Å²) in [6.45, 7) is -0.775. The molecule has 1 fully saturated rings. The highest BCUT2D eigenvalue weighted by molar-refractivity contribution is 6.04. The molecule has 1 heterocycles. The van der Waals surface area contributed by atoms with Gasteiger partial charge in [0, 0.05) is 31.9 Å². The van der Waals surface area contributed by atoms with E-state index in [4.69, 9.17) is 4.74 Å². The van der Waals surface area contributed by atoms with Crippen LogP contribution < -0.4 is 9.64 Å². The maximum absolute atomic E-state index is 13.8. The fourth-order valence-electron chi connectivity index (χ4n) is 5.08. The Morgan fingerprint density at radius 1 is 1.07 bits per heavy atom. The smallest absolute Gasteiger partial charge is 0.262 e. The number of imide groups is 1. The number of halogens is 2. The minimum atomic E-state index is -1.28. The number of likely N-dealkylation sites (tertiary alicyclic amines) is 1. The second-order valence-corrected chi connectivity index (χ2v) is 10.1. The molecule has 0 unspecified atom stereocenters. The van der Waals surface area contributed by atoms with E-state index in [1.54, 1.807) is 17.0 Å². The molecule has 3 amide bonds. The molecule has 7 nitrogen and oxygen atoms in total. The molecule has 4 rings (SSSR count). The predicted octanol–water partition coefficient (Wildman–Crippen LogP) is 4.96. The number of hydrogen-bond acceptors (Lipinski definition) is 5. The fourth-order valence-corrected chi connectivity index (χ4v) is 5.08. The molecule has 2 aromatic rings. The normalized spacial score (nSPS) is 15.5. The van der Waals surface area contributed by atoms with E-state index in [0.29, 0.717) is 38.0 Å². The second-order valence-electron chi connectivity index (χ2n) is 10.1. The summed E-state index contributed by atoms with van der Waals surface area (Å²) < 4.78 is 31.7. The lowest BCUT2D eigenvalue weighted by molar-refractivity contribution is -0.119. The molecule has 1 saturated heterocycles. The summed E-state index contributed by atoms with van der Waals surface area (Å²) in [4.78, 5) is 41.8. The zero-order valence-electron chi connectivity index (χ0n) is 22.7. The van der Waals surface area contributed by atoms with Crippen LogP contribution in [0.15, 0.2) is 60.7 Å². The number of hydrogen-bond donors (Lipinski definition) is 0. The molecule has 1 aliphatic heterocycles. The van der Waals surface area contributed by atoms with Crippen molar-refractivity contribution in [1.82, 2.24) is 9.80 Å². The summed E-state index contributed by atoms with van der Waals surface area (Å²) in [7, 11) is 1.86. The first-order valence-electron chi connectivity index (χ1n) is 13.5. The van der Waals surface area contributed by atoms with Crippen LogP contribution in [0.2, 0.25) is 0 Å². The van der Waals surface area contributed by atoms with Crippen LogP contribution in [-0.4, -0.2) is 74.2 Å². The lowest BCUT2D eigenvalue weighted by Crippen LogP contribution is -2.43. The van der Waals surface area contributed by atoms with Gasteiger partial charge in [0.2, 0.25) is 12.8 Å². The zero-order chi connectivity index (χ0) is 28.5. The molecule has 2 aliphatic rings. The Balaban J connectivity index is 1.58. The largest absolute Gasteiger partial charge is 0.485 e. The SMILES string of the molecule is CN(c1ccc(OC(CF)CF)cc1C(=O)N(C=O)Cc1ccc(C2=CCCC=C2)cc1)C1CCN(C=O)CC1. The van der Waals surface area contributed by atoms with Gasteiger partial charge in [0.1, 0.15) is 19.1 Å². The number of carbonyl (C=O) groups is 3. The van der Waals surface area contributed by atoms with Gasteiger partial charge in [-0.2, -0.15) is 0 Å². The number of anilines is 1. The molecule has 212 valence electrons. The van der Waals surface area contributed by atoms with E-state index in [-0.39, 0.29) is 23.9 Å². The van der Waals surface area contributed by atoms with Gasteiger partial charge in [-0.25, -0.2) is 8.78 Å². The van der Waals surface area contributed by atoms with Crippen molar-refractivity contribution in [2.75, 3.05) is 38.4 Å². The summed E-state index contributed by atoms with van der Waals surface area (Å²) in [5, 5.41) is 0. The molecule has 1 aliphatic carbocycles. The topological polar surface area (TPSA) is 70.2 Å². The third kappa shape index (κ3) is 6.94. The number of nitrogens with zero attached hydrogens (tertiary/aromatic N) is 3. The molecular weight excluding hydrogens is 516 g/mol. The van der Waals surface area contributed by atoms with Crippen LogP contribution in [0.1, 0.15) is 47.2 Å². The Bertz CT molecular complexity index is 1240. The summed E-state index contributed by atoms with van der Waals surface area (Å²) in [5.74, 6) is -0.410. The van der Waals surface area contributed by atoms with E-state index in [9.17, 15) is 23.2 Å². The van der Waals surface area contributed by atoms with Crippen LogP contribution in [-0.2, 0) is 16.1 Å². The second kappa shape index (κ2) is 13.9. The Hall–Kier alpha value is -4.01. The van der Waals surface area contributed by atoms with Crippen LogP contribution in [0.4, 0.5) is 14.5 Å². The zero-order valence-corrected chi connectivity index (χ0v) is 22.7. The predicted molar refractivity (Wildman–Crippen MR) is 151 cm³/mol. The number of allylic oxidation sites excluding steroid dienone is 4. The maximum Gasteiger partial charge on any atom is 0.262 e. The van der Waals surface area contributed by atoms with Gasteiger partial charge >= 0.3 is 0 Å². The van der Waals surface area contributed by atoms with Crippen LogP contribution in [0.25, 0.3) is 5.57 Å². The quantitative estimate of drug-likeness (QED) is 0.349. The lowest BCUT2D eigenvalue weighted by Gasteiger charge is -2.37. The Kier molecular flexibility index (Phi) is 10.0. The molecular formula is C31H35F2N3O4. The van der Waals surface area contributed by atoms with E-state index in [2.05, 4.69) is 18.2 Å². The van der Waals surface area contributed by atoms with E-state index in [0.717, 1.165) is 40.9 Å². The average Bonchev–Trinajstić information content (AvgIpc) is 3.02. The van der Waals surface area contributed by atoms with Crippen LogP contribution >= 0.6 is 0 Å². The summed E-state index contributed by atoms with van der Waals surface area (Å²) in [5.41, 5.74) is 3.74. The standard InChI is InChI=1S/C31H35F2N3O4/c1-34(26-13-15-35(21-37)16-14-26)30-12-11-27(40-28(18-32)19-33)17-29(30)31(39)36(22-38)20-23-7-9-25(10-8-23)24-5-3-2-4-6-24/h3,5-12,17,21-22,26,28H,2,4,13-16,18-20H2,1H3. The first kappa shape index (κ1) is 29.0. The number of ether oxygens (including phenoxy) is 1. The van der Waals surface area contributed by atoms with Gasteiger partial charge in [-0.15, -0.1) is 0 Å². The van der Waals surface area contributed by atoms with Gasteiger partial charge in [0.05, 0.1) is 12.1 Å². The van der Waals surface area contributed by atoms with Crippen LogP contribution in [0, 0.1) is 0 Å². The number of carbonyl (C=O) groups excluding carboxylic acids is 3. The Morgan fingerprint density at radius 3 is 2.40 bits per heavy atom. The molecule has 0 aromatic heterocycles. The summed E-state index contributed by atoms with van der Waals surface area (Å²) in [6.07, 6.45) is 9.90. The van der Waals surface area contributed by atoms with Crippen molar-refractivity contribution in [3.63, 3.8) is 0 Å². The maximum atomic E-state index is 13.8. The van der Waals surface area contributed by atoms with E-state index in [1.807, 2.05) is 36.2 Å². The molecule has 40 heavy (non-hydrogen) atoms.